The molecule has 0 aliphatic carbocycles. The van der Waals surface area contributed by atoms with Gasteiger partial charge in [-0.25, -0.2) is 9.59 Å². The molecule has 0 aromatic heterocycles. The van der Waals surface area contributed by atoms with Crippen LogP contribution in [0.3, 0.4) is 0 Å². The zero-order valence-corrected chi connectivity index (χ0v) is 10.8. The van der Waals surface area contributed by atoms with Gasteiger partial charge in [-0.05, 0) is 26.3 Å². The van der Waals surface area contributed by atoms with Crippen LogP contribution in [0.2, 0.25) is 0 Å². The van der Waals surface area contributed by atoms with Gasteiger partial charge >= 0.3 is 17.9 Å². The van der Waals surface area contributed by atoms with Crippen LogP contribution in [0.15, 0.2) is 0 Å². The van der Waals surface area contributed by atoms with Gasteiger partial charge in [0.2, 0.25) is 0 Å². The molecule has 1 aliphatic rings. The number of carbonyl (C=O) groups excluding carboxylic acids is 3. The Morgan fingerprint density at radius 2 is 2.00 bits per heavy atom. The minimum absolute atomic E-state index is 0.331. The molecule has 0 saturated carbocycles. The van der Waals surface area contributed by atoms with Crippen molar-refractivity contribution in [3.05, 3.63) is 0 Å². The molecule has 0 bridgehead atoms. The minimum atomic E-state index is -1.20. The minimum Gasteiger partial charge on any atom is -0.462 e. The lowest BCUT2D eigenvalue weighted by atomic mass is 10.2. The molecule has 5 N–H and O–H groups in total. The average molecular weight is 273 g/mol. The van der Waals surface area contributed by atoms with Gasteiger partial charge in [0.15, 0.2) is 0 Å². The van der Waals surface area contributed by atoms with Crippen molar-refractivity contribution in [1.82, 2.24) is 5.32 Å². The summed E-state index contributed by atoms with van der Waals surface area (Å²) in [5, 5.41) is 2.95. The fraction of sp³-hybridized carbons (Fsp3) is 0.727. The van der Waals surface area contributed by atoms with E-state index >= 15 is 0 Å². The van der Waals surface area contributed by atoms with Gasteiger partial charge in [0.05, 0.1) is 0 Å². The summed E-state index contributed by atoms with van der Waals surface area (Å²) in [6.07, 6.45) is 1.60. The second-order valence-corrected chi connectivity index (χ2v) is 4.41. The van der Waals surface area contributed by atoms with Gasteiger partial charge in [-0.2, -0.15) is 0 Å². The maximum atomic E-state index is 11.5. The summed E-state index contributed by atoms with van der Waals surface area (Å²) in [6.45, 7) is 1.81. The van der Waals surface area contributed by atoms with E-state index in [1.165, 1.54) is 6.92 Å². The van der Waals surface area contributed by atoms with Crippen molar-refractivity contribution in [2.75, 3.05) is 13.2 Å². The molecule has 1 heterocycles. The highest BCUT2D eigenvalue weighted by Gasteiger charge is 2.26. The molecular weight excluding hydrogens is 254 g/mol. The number of hydrogen-bond acceptors (Lipinski definition) is 8. The standard InChI is InChI=1S/C11H19N3O5/c1-6(12)9(15)19-10(16)7(13)5-18-11(17)8-3-2-4-14-8/h6-8,14H,2-5,12-13H2,1H3/t6-,7-,8-/m0/s1. The summed E-state index contributed by atoms with van der Waals surface area (Å²) >= 11 is 0. The van der Waals surface area contributed by atoms with Crippen molar-refractivity contribution >= 4 is 17.9 Å². The van der Waals surface area contributed by atoms with Crippen molar-refractivity contribution in [3.8, 4) is 0 Å². The lowest BCUT2D eigenvalue weighted by Gasteiger charge is -2.14. The first-order valence-electron chi connectivity index (χ1n) is 6.08. The number of nitrogens with two attached hydrogens (primary N) is 2. The topological polar surface area (TPSA) is 134 Å². The molecule has 0 amide bonds. The van der Waals surface area contributed by atoms with Crippen LogP contribution >= 0.6 is 0 Å². The maximum absolute atomic E-state index is 11.5. The first-order chi connectivity index (χ1) is 8.91. The Morgan fingerprint density at radius 1 is 1.32 bits per heavy atom. The van der Waals surface area contributed by atoms with E-state index in [-0.39, 0.29) is 12.6 Å². The number of hydrogen-bond donors (Lipinski definition) is 3. The fourth-order valence-corrected chi connectivity index (χ4v) is 1.49. The van der Waals surface area contributed by atoms with Crippen LogP contribution in [-0.4, -0.2) is 49.2 Å². The van der Waals surface area contributed by atoms with Crippen molar-refractivity contribution < 1.29 is 23.9 Å². The highest BCUT2D eigenvalue weighted by Crippen LogP contribution is 2.06. The quantitative estimate of drug-likeness (QED) is 0.388. The van der Waals surface area contributed by atoms with E-state index in [9.17, 15) is 14.4 Å². The third kappa shape index (κ3) is 4.93. The van der Waals surface area contributed by atoms with Crippen LogP contribution in [0.1, 0.15) is 19.8 Å². The van der Waals surface area contributed by atoms with Crippen LogP contribution < -0.4 is 16.8 Å². The first-order valence-corrected chi connectivity index (χ1v) is 6.08. The van der Waals surface area contributed by atoms with E-state index in [1.54, 1.807) is 0 Å². The predicted octanol–water partition coefficient (Wildman–Crippen LogP) is -1.97. The highest BCUT2D eigenvalue weighted by molar-refractivity contribution is 5.90. The average Bonchev–Trinajstić information content (AvgIpc) is 2.88. The summed E-state index contributed by atoms with van der Waals surface area (Å²) in [5.41, 5.74) is 10.7. The Hall–Kier alpha value is -1.51. The van der Waals surface area contributed by atoms with Crippen LogP contribution in [0.4, 0.5) is 0 Å². The van der Waals surface area contributed by atoms with Gasteiger partial charge in [0, 0.05) is 0 Å². The maximum Gasteiger partial charge on any atom is 0.334 e. The number of carbonyl (C=O) groups is 3. The van der Waals surface area contributed by atoms with Crippen LogP contribution in [0.5, 0.6) is 0 Å². The molecule has 0 radical (unpaired) electrons. The first kappa shape index (κ1) is 15.5. The Kier molecular flexibility index (Phi) is 5.87. The fourth-order valence-electron chi connectivity index (χ4n) is 1.49. The van der Waals surface area contributed by atoms with Gasteiger partial charge in [0.1, 0.15) is 24.7 Å². The van der Waals surface area contributed by atoms with Crippen LogP contribution in [-0.2, 0) is 23.9 Å². The Balaban J connectivity index is 2.29. The largest absolute Gasteiger partial charge is 0.462 e. The van der Waals surface area contributed by atoms with Crippen LogP contribution in [0, 0.1) is 0 Å². The van der Waals surface area contributed by atoms with E-state index in [0.29, 0.717) is 6.42 Å². The van der Waals surface area contributed by atoms with Crippen molar-refractivity contribution in [3.63, 3.8) is 0 Å². The molecule has 8 nitrogen and oxygen atoms in total. The normalized spacial score (nSPS) is 21.5. The van der Waals surface area contributed by atoms with Crippen LogP contribution in [0.25, 0.3) is 0 Å². The zero-order valence-electron chi connectivity index (χ0n) is 10.8. The van der Waals surface area contributed by atoms with E-state index in [2.05, 4.69) is 10.1 Å². The summed E-state index contributed by atoms with van der Waals surface area (Å²) in [5.74, 6) is -2.29. The van der Waals surface area contributed by atoms with Gasteiger partial charge in [-0.15, -0.1) is 0 Å². The third-order valence-electron chi connectivity index (χ3n) is 2.63. The van der Waals surface area contributed by atoms with Crippen molar-refractivity contribution in [2.45, 2.75) is 37.9 Å². The molecule has 19 heavy (non-hydrogen) atoms. The number of nitrogens with one attached hydrogen (secondary N) is 1. The lowest BCUT2D eigenvalue weighted by Crippen LogP contribution is -2.42. The number of esters is 3. The summed E-state index contributed by atoms with van der Waals surface area (Å²) < 4.78 is 9.28. The molecule has 108 valence electrons. The van der Waals surface area contributed by atoms with Gasteiger partial charge < -0.3 is 26.3 Å². The molecule has 0 aromatic rings. The van der Waals surface area contributed by atoms with E-state index in [4.69, 9.17) is 16.2 Å². The molecule has 3 atom stereocenters. The molecule has 1 fully saturated rings. The number of ether oxygens (including phenoxy) is 2. The Bertz CT molecular complexity index is 352. The predicted molar refractivity (Wildman–Crippen MR) is 64.7 cm³/mol. The second kappa shape index (κ2) is 7.17. The van der Waals surface area contributed by atoms with E-state index in [1.807, 2.05) is 0 Å². The summed E-state index contributed by atoms with van der Waals surface area (Å²) in [6, 6.07) is -2.47. The molecule has 1 aliphatic heterocycles. The molecule has 0 unspecified atom stereocenters. The molecule has 0 aromatic carbocycles. The van der Waals surface area contributed by atoms with Gasteiger partial charge in [-0.3, -0.25) is 4.79 Å². The molecule has 8 heteroatoms. The highest BCUT2D eigenvalue weighted by atomic mass is 16.6. The Labute approximate surface area is 110 Å². The molecule has 0 spiro atoms. The van der Waals surface area contributed by atoms with E-state index in [0.717, 1.165) is 13.0 Å². The van der Waals surface area contributed by atoms with Gasteiger partial charge in [0.25, 0.3) is 0 Å². The second-order valence-electron chi connectivity index (χ2n) is 4.41. The Morgan fingerprint density at radius 3 is 2.53 bits per heavy atom. The molecule has 1 rings (SSSR count). The summed E-state index contributed by atoms with van der Waals surface area (Å²) in [7, 11) is 0. The van der Waals surface area contributed by atoms with Crippen molar-refractivity contribution in [1.29, 1.82) is 0 Å². The molecule has 1 saturated heterocycles. The van der Waals surface area contributed by atoms with E-state index < -0.39 is 30.0 Å². The smallest absolute Gasteiger partial charge is 0.334 e. The van der Waals surface area contributed by atoms with Crippen molar-refractivity contribution in [2.24, 2.45) is 11.5 Å². The monoisotopic (exact) mass is 273 g/mol. The lowest BCUT2D eigenvalue weighted by molar-refractivity contribution is -0.162. The number of rotatable bonds is 5. The summed E-state index contributed by atoms with van der Waals surface area (Å²) in [4.78, 5) is 33.9. The van der Waals surface area contributed by atoms with Gasteiger partial charge in [-0.1, -0.05) is 0 Å². The SMILES string of the molecule is C[C@H](N)C(=O)OC(=O)[C@@H](N)COC(=O)[C@@H]1CCCN1. The molecular formula is C11H19N3O5. The zero-order chi connectivity index (χ0) is 14.4. The third-order valence-corrected chi connectivity index (χ3v) is 2.63.